The number of rotatable bonds is 3. The summed E-state index contributed by atoms with van der Waals surface area (Å²) >= 11 is 1.52. The van der Waals surface area contributed by atoms with E-state index >= 15 is 0 Å². The average molecular weight is 350 g/mol. The molecule has 0 spiro atoms. The summed E-state index contributed by atoms with van der Waals surface area (Å²) in [6.45, 7) is 1.65. The lowest BCUT2D eigenvalue weighted by Crippen LogP contribution is -2.50. The van der Waals surface area contributed by atoms with Crippen LogP contribution in [0.15, 0.2) is 52.4 Å². The second kappa shape index (κ2) is 5.52. The molecule has 0 atom stereocenters. The molecule has 0 aliphatic carbocycles. The van der Waals surface area contributed by atoms with Gasteiger partial charge in [-0.15, -0.1) is 11.3 Å². The second-order valence-corrected chi connectivity index (χ2v) is 6.55. The Morgan fingerprint density at radius 3 is 2.88 bits per heavy atom. The van der Waals surface area contributed by atoms with Crippen molar-refractivity contribution >= 4 is 29.0 Å². The third kappa shape index (κ3) is 2.18. The highest BCUT2D eigenvalue weighted by molar-refractivity contribution is 7.07. The lowest BCUT2D eigenvalue weighted by Gasteiger charge is -2.33. The number of nitrogens with zero attached hydrogens (tertiary/aromatic N) is 6. The number of benzene rings is 1. The Bertz CT molecular complexity index is 962. The Hall–Kier alpha value is -3.00. The molecule has 2 amide bonds. The molecular formula is C17H14N6OS. The first-order chi connectivity index (χ1) is 12.3. The molecule has 0 radical (unpaired) electrons. The van der Waals surface area contributed by atoms with E-state index in [-0.39, 0.29) is 6.03 Å². The minimum Gasteiger partial charge on any atom is -0.276 e. The van der Waals surface area contributed by atoms with E-state index in [1.54, 1.807) is 26.2 Å². The van der Waals surface area contributed by atoms with Crippen molar-refractivity contribution in [1.82, 2.24) is 19.7 Å². The van der Waals surface area contributed by atoms with Gasteiger partial charge in [0.15, 0.2) is 5.82 Å². The minimum absolute atomic E-state index is 0.0746. The van der Waals surface area contributed by atoms with Crippen molar-refractivity contribution in [1.29, 1.82) is 0 Å². The van der Waals surface area contributed by atoms with Gasteiger partial charge in [-0.25, -0.2) is 14.5 Å². The molecule has 2 aliphatic rings. The number of carbonyl (C=O) groups excluding carboxylic acids is 1. The first-order valence-electron chi connectivity index (χ1n) is 7.97. The van der Waals surface area contributed by atoms with Crippen LogP contribution in [-0.4, -0.2) is 44.6 Å². The summed E-state index contributed by atoms with van der Waals surface area (Å²) in [7, 11) is 0. The van der Waals surface area contributed by atoms with Crippen LogP contribution in [0.3, 0.4) is 0 Å². The van der Waals surface area contributed by atoms with Gasteiger partial charge in [-0.2, -0.15) is 5.10 Å². The van der Waals surface area contributed by atoms with E-state index in [0.717, 1.165) is 28.6 Å². The van der Waals surface area contributed by atoms with Gasteiger partial charge in [0.1, 0.15) is 5.84 Å². The van der Waals surface area contributed by atoms with E-state index in [1.807, 2.05) is 35.7 Å². The fourth-order valence-electron chi connectivity index (χ4n) is 3.24. The van der Waals surface area contributed by atoms with Crippen LogP contribution in [-0.2, 0) is 6.54 Å². The number of hydrogen-bond donors (Lipinski definition) is 0. The predicted octanol–water partition coefficient (Wildman–Crippen LogP) is 2.53. The van der Waals surface area contributed by atoms with Crippen molar-refractivity contribution in [2.75, 3.05) is 18.0 Å². The first-order valence-corrected chi connectivity index (χ1v) is 8.91. The van der Waals surface area contributed by atoms with E-state index in [4.69, 9.17) is 0 Å². The Kier molecular flexibility index (Phi) is 3.17. The second-order valence-electron chi connectivity index (χ2n) is 5.83. The zero-order chi connectivity index (χ0) is 16.8. The monoisotopic (exact) mass is 350 g/mol. The van der Waals surface area contributed by atoms with Gasteiger partial charge >= 0.3 is 6.03 Å². The van der Waals surface area contributed by atoms with Crippen LogP contribution in [0.25, 0.3) is 5.69 Å². The van der Waals surface area contributed by atoms with Gasteiger partial charge < -0.3 is 0 Å². The maximum absolute atomic E-state index is 13.1. The molecule has 124 valence electrons. The Morgan fingerprint density at radius 2 is 2.08 bits per heavy atom. The zero-order valence-corrected chi connectivity index (χ0v) is 14.1. The van der Waals surface area contributed by atoms with Gasteiger partial charge in [0.2, 0.25) is 0 Å². The number of carbonyl (C=O) groups is 1. The molecule has 0 unspecified atom stereocenters. The number of amidine groups is 1. The van der Waals surface area contributed by atoms with Crippen molar-refractivity contribution < 1.29 is 4.79 Å². The molecule has 7 nitrogen and oxygen atoms in total. The van der Waals surface area contributed by atoms with E-state index in [0.29, 0.717) is 19.6 Å². The fourth-order valence-corrected chi connectivity index (χ4v) is 3.79. The van der Waals surface area contributed by atoms with Gasteiger partial charge in [-0.3, -0.25) is 14.8 Å². The van der Waals surface area contributed by atoms with Gasteiger partial charge in [0, 0.05) is 11.9 Å². The molecule has 4 heterocycles. The lowest BCUT2D eigenvalue weighted by molar-refractivity contribution is 0.228. The summed E-state index contributed by atoms with van der Waals surface area (Å²) in [5.41, 5.74) is 4.44. The van der Waals surface area contributed by atoms with Gasteiger partial charge in [0.25, 0.3) is 0 Å². The number of aromatic nitrogens is 3. The summed E-state index contributed by atoms with van der Waals surface area (Å²) in [4.78, 5) is 25.4. The molecule has 0 saturated carbocycles. The molecule has 8 heteroatoms. The maximum Gasteiger partial charge on any atom is 0.331 e. The fraction of sp³-hybridized carbons (Fsp3) is 0.176. The Balaban J connectivity index is 1.68. The predicted molar refractivity (Wildman–Crippen MR) is 95.4 cm³/mol. The molecule has 2 aromatic heterocycles. The average Bonchev–Trinajstić information content (AvgIpc) is 3.38. The van der Waals surface area contributed by atoms with Gasteiger partial charge in [-0.05, 0) is 12.1 Å². The molecule has 0 N–H and O–H groups in total. The van der Waals surface area contributed by atoms with Crippen molar-refractivity contribution in [2.45, 2.75) is 6.54 Å². The van der Waals surface area contributed by atoms with Crippen LogP contribution in [0, 0.1) is 0 Å². The quantitative estimate of drug-likeness (QED) is 0.729. The standard InChI is InChI=1S/C17H14N6OS/c24-17-21-7-6-18-15(21)14-8-20-23(13-4-2-1-3-5-13)16(14)22(17)9-12-10-25-11-19-12/h1-5,8,10-11H,6-7,9H2. The minimum atomic E-state index is -0.0746. The van der Waals surface area contributed by atoms with Crippen LogP contribution in [0.2, 0.25) is 0 Å². The number of hydrogen-bond acceptors (Lipinski definition) is 5. The number of anilines is 1. The number of urea groups is 1. The molecule has 0 bridgehead atoms. The summed E-state index contributed by atoms with van der Waals surface area (Å²) in [5, 5.41) is 6.50. The largest absolute Gasteiger partial charge is 0.331 e. The van der Waals surface area contributed by atoms with E-state index in [2.05, 4.69) is 15.1 Å². The van der Waals surface area contributed by atoms with E-state index in [9.17, 15) is 4.79 Å². The molecule has 0 fully saturated rings. The van der Waals surface area contributed by atoms with Crippen LogP contribution in [0.4, 0.5) is 10.6 Å². The Labute approximate surface area is 147 Å². The number of thiazole rings is 1. The number of para-hydroxylation sites is 1. The third-order valence-electron chi connectivity index (χ3n) is 4.35. The Morgan fingerprint density at radius 1 is 1.20 bits per heavy atom. The number of amides is 2. The summed E-state index contributed by atoms with van der Waals surface area (Å²) in [6.07, 6.45) is 1.79. The molecule has 5 rings (SSSR count). The van der Waals surface area contributed by atoms with Crippen molar-refractivity contribution in [3.05, 3.63) is 58.7 Å². The maximum atomic E-state index is 13.1. The highest BCUT2D eigenvalue weighted by atomic mass is 32.1. The van der Waals surface area contributed by atoms with Crippen LogP contribution >= 0.6 is 11.3 Å². The van der Waals surface area contributed by atoms with Gasteiger partial charge in [-0.1, -0.05) is 18.2 Å². The van der Waals surface area contributed by atoms with Crippen molar-refractivity contribution in [3.8, 4) is 5.69 Å². The van der Waals surface area contributed by atoms with Crippen molar-refractivity contribution in [3.63, 3.8) is 0 Å². The normalized spacial score (nSPS) is 16.0. The SMILES string of the molecule is O=C1N2CCN=C2c2cnn(-c3ccccc3)c2N1Cc1cscn1. The van der Waals surface area contributed by atoms with Crippen molar-refractivity contribution in [2.24, 2.45) is 4.99 Å². The van der Waals surface area contributed by atoms with Crippen LogP contribution in [0.1, 0.15) is 11.3 Å². The van der Waals surface area contributed by atoms with Gasteiger partial charge in [0.05, 0.1) is 41.7 Å². The number of aliphatic imine (C=N–C) groups is 1. The molecule has 0 saturated heterocycles. The number of fused-ring (bicyclic) bond motifs is 3. The molecular weight excluding hydrogens is 336 g/mol. The smallest absolute Gasteiger partial charge is 0.276 e. The molecule has 1 aromatic carbocycles. The first kappa shape index (κ1) is 14.4. The van der Waals surface area contributed by atoms with Crippen LogP contribution in [0.5, 0.6) is 0 Å². The summed E-state index contributed by atoms with van der Waals surface area (Å²) in [6, 6.07) is 9.74. The highest BCUT2D eigenvalue weighted by Crippen LogP contribution is 2.33. The molecule has 25 heavy (non-hydrogen) atoms. The summed E-state index contributed by atoms with van der Waals surface area (Å²) < 4.78 is 1.80. The topological polar surface area (TPSA) is 66.6 Å². The van der Waals surface area contributed by atoms with Crippen LogP contribution < -0.4 is 4.90 Å². The van der Waals surface area contributed by atoms with E-state index in [1.165, 1.54) is 11.3 Å². The zero-order valence-electron chi connectivity index (χ0n) is 13.2. The van der Waals surface area contributed by atoms with E-state index < -0.39 is 0 Å². The molecule has 2 aliphatic heterocycles. The third-order valence-corrected chi connectivity index (χ3v) is 4.98. The lowest BCUT2D eigenvalue weighted by atomic mass is 10.2. The summed E-state index contributed by atoms with van der Waals surface area (Å²) in [5.74, 6) is 1.47. The highest BCUT2D eigenvalue weighted by Gasteiger charge is 2.40. The molecule has 3 aromatic rings.